The Morgan fingerprint density at radius 1 is 1.13 bits per heavy atom. The van der Waals surface area contributed by atoms with E-state index < -0.39 is 0 Å². The molecule has 1 aliphatic rings. The van der Waals surface area contributed by atoms with Gasteiger partial charge in [-0.25, -0.2) is 0 Å². The Bertz CT molecular complexity index is 837. The van der Waals surface area contributed by atoms with Crippen LogP contribution in [0.1, 0.15) is 17.0 Å². The van der Waals surface area contributed by atoms with Crippen molar-refractivity contribution in [3.8, 4) is 5.69 Å². The molecule has 0 bridgehead atoms. The van der Waals surface area contributed by atoms with Gasteiger partial charge in [0, 0.05) is 27.7 Å². The maximum Gasteiger partial charge on any atom is 0.293 e. The van der Waals surface area contributed by atoms with Gasteiger partial charge in [-0.1, -0.05) is 0 Å². The van der Waals surface area contributed by atoms with Gasteiger partial charge in [-0.2, -0.15) is 0 Å². The summed E-state index contributed by atoms with van der Waals surface area (Å²) in [5.41, 5.74) is 4.18. The van der Waals surface area contributed by atoms with Gasteiger partial charge in [0.2, 0.25) is 0 Å². The van der Waals surface area contributed by atoms with Gasteiger partial charge in [-0.15, -0.1) is 0 Å². The Hall–Kier alpha value is -1.54. The van der Waals surface area contributed by atoms with Gasteiger partial charge >= 0.3 is 0 Å². The first-order valence-electron chi connectivity index (χ1n) is 7.05. The summed E-state index contributed by atoms with van der Waals surface area (Å²) in [6.07, 6.45) is 1.81. The first kappa shape index (κ1) is 16.3. The quantitative estimate of drug-likeness (QED) is 0.517. The zero-order valence-corrected chi connectivity index (χ0v) is 15.9. The molecule has 0 N–H and O–H groups in total. The number of rotatable bonds is 2. The van der Waals surface area contributed by atoms with Crippen molar-refractivity contribution in [1.82, 2.24) is 9.47 Å². The average Bonchev–Trinajstić information content (AvgIpc) is 2.92. The number of nitrogens with zero attached hydrogens (tertiary/aromatic N) is 2. The van der Waals surface area contributed by atoms with Crippen molar-refractivity contribution >= 4 is 51.6 Å². The van der Waals surface area contributed by atoms with Crippen LogP contribution >= 0.6 is 34.4 Å². The van der Waals surface area contributed by atoms with E-state index in [0.29, 0.717) is 4.91 Å². The van der Waals surface area contributed by atoms with E-state index in [9.17, 15) is 9.59 Å². The van der Waals surface area contributed by atoms with Crippen molar-refractivity contribution in [2.75, 3.05) is 7.05 Å². The SMILES string of the molecule is Cc1cc(/C=C2/SC(=O)N(C)C2=O)c(C)n1-c1ccc(I)cc1. The molecule has 1 saturated heterocycles. The molecule has 0 spiro atoms. The zero-order chi connectivity index (χ0) is 16.7. The normalized spacial score (nSPS) is 16.7. The Morgan fingerprint density at radius 3 is 2.35 bits per heavy atom. The third-order valence-electron chi connectivity index (χ3n) is 3.83. The van der Waals surface area contributed by atoms with Crippen LogP contribution in [0.4, 0.5) is 4.79 Å². The molecule has 0 saturated carbocycles. The van der Waals surface area contributed by atoms with Crippen LogP contribution in [0.15, 0.2) is 35.2 Å². The summed E-state index contributed by atoms with van der Waals surface area (Å²) >= 11 is 3.27. The molecule has 0 aliphatic carbocycles. The lowest BCUT2D eigenvalue weighted by atomic mass is 10.2. The number of halogens is 1. The molecule has 2 aromatic rings. The number of hydrogen-bond donors (Lipinski definition) is 0. The maximum absolute atomic E-state index is 12.0. The van der Waals surface area contributed by atoms with E-state index in [4.69, 9.17) is 0 Å². The number of aryl methyl sites for hydroxylation is 1. The van der Waals surface area contributed by atoms with Gasteiger partial charge in [-0.3, -0.25) is 14.5 Å². The van der Waals surface area contributed by atoms with Crippen molar-refractivity contribution < 1.29 is 9.59 Å². The number of amides is 2. The van der Waals surface area contributed by atoms with Crippen LogP contribution in [-0.2, 0) is 4.79 Å². The Morgan fingerprint density at radius 2 is 1.78 bits per heavy atom. The second-order valence-corrected chi connectivity index (χ2v) is 7.62. The molecule has 2 heterocycles. The van der Waals surface area contributed by atoms with E-state index >= 15 is 0 Å². The Balaban J connectivity index is 2.03. The highest BCUT2D eigenvalue weighted by Crippen LogP contribution is 2.32. The highest BCUT2D eigenvalue weighted by atomic mass is 127. The van der Waals surface area contributed by atoms with Gasteiger partial charge in [0.25, 0.3) is 11.1 Å². The molecule has 1 aromatic heterocycles. The lowest BCUT2D eigenvalue weighted by molar-refractivity contribution is -0.121. The van der Waals surface area contributed by atoms with Gasteiger partial charge in [0.1, 0.15) is 0 Å². The molecule has 0 atom stereocenters. The van der Waals surface area contributed by atoms with Crippen LogP contribution in [0.5, 0.6) is 0 Å². The van der Waals surface area contributed by atoms with Crippen LogP contribution in [0.3, 0.4) is 0 Å². The highest BCUT2D eigenvalue weighted by molar-refractivity contribution is 14.1. The van der Waals surface area contributed by atoms with Crippen molar-refractivity contribution in [3.63, 3.8) is 0 Å². The summed E-state index contributed by atoms with van der Waals surface area (Å²) in [4.78, 5) is 25.3. The summed E-state index contributed by atoms with van der Waals surface area (Å²) in [6.45, 7) is 4.06. The number of likely N-dealkylation sites (N-methyl/N-ethyl adjacent to an activating group) is 1. The van der Waals surface area contributed by atoms with Crippen molar-refractivity contribution in [2.45, 2.75) is 13.8 Å². The van der Waals surface area contributed by atoms with E-state index in [1.54, 1.807) is 6.08 Å². The third-order valence-corrected chi connectivity index (χ3v) is 5.51. The zero-order valence-electron chi connectivity index (χ0n) is 13.0. The fourth-order valence-electron chi connectivity index (χ4n) is 2.61. The van der Waals surface area contributed by atoms with Gasteiger partial charge in [-0.05, 0) is 90.2 Å². The molecule has 1 fully saturated rings. The molecule has 6 heteroatoms. The summed E-state index contributed by atoms with van der Waals surface area (Å²) in [5.74, 6) is -0.237. The second-order valence-electron chi connectivity index (χ2n) is 5.38. The lowest BCUT2D eigenvalue weighted by Crippen LogP contribution is -2.22. The van der Waals surface area contributed by atoms with Gasteiger partial charge < -0.3 is 4.57 Å². The fourth-order valence-corrected chi connectivity index (χ4v) is 3.79. The van der Waals surface area contributed by atoms with Crippen LogP contribution < -0.4 is 0 Å². The lowest BCUT2D eigenvalue weighted by Gasteiger charge is -2.09. The summed E-state index contributed by atoms with van der Waals surface area (Å²) in [7, 11) is 1.51. The Labute approximate surface area is 152 Å². The van der Waals surface area contributed by atoms with Crippen molar-refractivity contribution in [1.29, 1.82) is 0 Å². The van der Waals surface area contributed by atoms with Crippen LogP contribution in [-0.4, -0.2) is 27.7 Å². The standard InChI is InChI=1S/C17H15IN2O2S/c1-10-8-12(9-15-16(21)19(3)17(22)23-15)11(2)20(10)14-6-4-13(18)5-7-14/h4-9H,1-3H3/b15-9+. The van der Waals surface area contributed by atoms with Crippen LogP contribution in [0, 0.1) is 17.4 Å². The van der Waals surface area contributed by atoms with E-state index in [1.807, 2.05) is 19.9 Å². The minimum absolute atomic E-state index is 0.229. The predicted molar refractivity (Wildman–Crippen MR) is 102 cm³/mol. The van der Waals surface area contributed by atoms with E-state index in [1.165, 1.54) is 10.6 Å². The smallest absolute Gasteiger partial charge is 0.293 e. The van der Waals surface area contributed by atoms with E-state index in [-0.39, 0.29) is 11.1 Å². The molecule has 0 radical (unpaired) electrons. The summed E-state index contributed by atoms with van der Waals surface area (Å²) < 4.78 is 3.34. The summed E-state index contributed by atoms with van der Waals surface area (Å²) in [5, 5.41) is -0.229. The van der Waals surface area contributed by atoms with Gasteiger partial charge in [0.15, 0.2) is 0 Å². The van der Waals surface area contributed by atoms with Crippen molar-refractivity contribution in [3.05, 3.63) is 55.8 Å². The van der Waals surface area contributed by atoms with E-state index in [0.717, 1.165) is 39.3 Å². The van der Waals surface area contributed by atoms with Gasteiger partial charge in [0.05, 0.1) is 4.91 Å². The minimum atomic E-state index is -0.237. The van der Waals surface area contributed by atoms with E-state index in [2.05, 4.69) is 51.4 Å². The molecule has 2 amide bonds. The largest absolute Gasteiger partial charge is 0.318 e. The number of imide groups is 1. The predicted octanol–water partition coefficient (Wildman–Crippen LogP) is 4.36. The number of benzene rings is 1. The summed E-state index contributed by atoms with van der Waals surface area (Å²) in [6, 6.07) is 10.3. The molecule has 118 valence electrons. The highest BCUT2D eigenvalue weighted by Gasteiger charge is 2.32. The molecule has 4 nitrogen and oxygen atoms in total. The number of hydrogen-bond acceptors (Lipinski definition) is 3. The fraction of sp³-hybridized carbons (Fsp3) is 0.176. The maximum atomic E-state index is 12.0. The topological polar surface area (TPSA) is 42.3 Å². The second kappa shape index (κ2) is 6.16. The third kappa shape index (κ3) is 2.97. The number of thioether (sulfide) groups is 1. The Kier molecular flexibility index (Phi) is 4.37. The molecule has 0 unspecified atom stereocenters. The molecule has 23 heavy (non-hydrogen) atoms. The first-order chi connectivity index (χ1) is 10.9. The molecule has 1 aromatic carbocycles. The van der Waals surface area contributed by atoms with Crippen molar-refractivity contribution in [2.24, 2.45) is 0 Å². The molecule has 3 rings (SSSR count). The molecular formula is C17H15IN2O2S. The number of carbonyl (C=O) groups is 2. The first-order valence-corrected chi connectivity index (χ1v) is 8.94. The molecular weight excluding hydrogens is 423 g/mol. The monoisotopic (exact) mass is 438 g/mol. The number of aromatic nitrogens is 1. The minimum Gasteiger partial charge on any atom is -0.318 e. The number of carbonyl (C=O) groups excluding carboxylic acids is 2. The molecule has 1 aliphatic heterocycles. The average molecular weight is 438 g/mol. The van der Waals surface area contributed by atoms with Crippen LogP contribution in [0.25, 0.3) is 11.8 Å². The van der Waals surface area contributed by atoms with Crippen LogP contribution in [0.2, 0.25) is 0 Å².